The van der Waals surface area contributed by atoms with Crippen LogP contribution < -0.4 is 5.32 Å². The second-order valence-electron chi connectivity index (χ2n) is 7.49. The molecule has 4 rings (SSSR count). The summed E-state index contributed by atoms with van der Waals surface area (Å²) >= 11 is 0. The fourth-order valence-corrected chi connectivity index (χ4v) is 3.86. The molecule has 8 heteroatoms. The standard InChI is InChI=1S/C19H23N5O3/c25-12-14-1-3-15(4-2-14)16-10-24(22-21-16)11-18(27)23-7-5-19(6-8-23)9-17(26)20-13-19/h1-4,10,25H,5-9,11-13H2,(H,20,26). The highest BCUT2D eigenvalue weighted by atomic mass is 16.3. The molecule has 1 aromatic carbocycles. The van der Waals surface area contributed by atoms with E-state index in [1.807, 2.05) is 29.2 Å². The number of aliphatic hydroxyl groups is 1. The predicted molar refractivity (Wildman–Crippen MR) is 97.3 cm³/mol. The van der Waals surface area contributed by atoms with E-state index in [-0.39, 0.29) is 30.4 Å². The molecule has 2 aromatic rings. The van der Waals surface area contributed by atoms with Crippen molar-refractivity contribution in [1.29, 1.82) is 0 Å². The van der Waals surface area contributed by atoms with Crippen molar-refractivity contribution in [1.82, 2.24) is 25.2 Å². The highest BCUT2D eigenvalue weighted by Crippen LogP contribution is 2.37. The van der Waals surface area contributed by atoms with Crippen LogP contribution in [-0.2, 0) is 22.7 Å². The molecule has 142 valence electrons. The Labute approximate surface area is 157 Å². The Morgan fingerprint density at radius 1 is 1.22 bits per heavy atom. The maximum absolute atomic E-state index is 12.6. The van der Waals surface area contributed by atoms with Gasteiger partial charge in [-0.25, -0.2) is 4.68 Å². The number of rotatable bonds is 4. The number of likely N-dealkylation sites (tertiary alicyclic amines) is 1. The third-order valence-electron chi connectivity index (χ3n) is 5.64. The molecule has 0 radical (unpaired) electrons. The summed E-state index contributed by atoms with van der Waals surface area (Å²) in [4.78, 5) is 25.9. The maximum Gasteiger partial charge on any atom is 0.244 e. The highest BCUT2D eigenvalue weighted by molar-refractivity contribution is 5.79. The molecule has 0 atom stereocenters. The van der Waals surface area contributed by atoms with Gasteiger partial charge in [0.2, 0.25) is 11.8 Å². The van der Waals surface area contributed by atoms with E-state index in [1.165, 1.54) is 0 Å². The average Bonchev–Trinajstić information content (AvgIpc) is 3.29. The van der Waals surface area contributed by atoms with E-state index in [0.717, 1.165) is 30.5 Å². The summed E-state index contributed by atoms with van der Waals surface area (Å²) in [6, 6.07) is 7.43. The van der Waals surface area contributed by atoms with Crippen molar-refractivity contribution >= 4 is 11.8 Å². The van der Waals surface area contributed by atoms with Crippen molar-refractivity contribution in [2.24, 2.45) is 5.41 Å². The summed E-state index contributed by atoms with van der Waals surface area (Å²) < 4.78 is 1.56. The van der Waals surface area contributed by atoms with Crippen molar-refractivity contribution < 1.29 is 14.7 Å². The van der Waals surface area contributed by atoms with Gasteiger partial charge in [-0.3, -0.25) is 9.59 Å². The number of carbonyl (C=O) groups excluding carboxylic acids is 2. The molecular formula is C19H23N5O3. The second-order valence-corrected chi connectivity index (χ2v) is 7.49. The van der Waals surface area contributed by atoms with Crippen molar-refractivity contribution in [3.63, 3.8) is 0 Å². The Kier molecular flexibility index (Phi) is 4.65. The van der Waals surface area contributed by atoms with E-state index in [4.69, 9.17) is 5.11 Å². The number of nitrogens with one attached hydrogen (secondary N) is 1. The number of hydrogen-bond acceptors (Lipinski definition) is 5. The molecule has 3 heterocycles. The first-order valence-electron chi connectivity index (χ1n) is 9.22. The smallest absolute Gasteiger partial charge is 0.244 e. The minimum absolute atomic E-state index is 0.00279. The molecule has 2 aliphatic heterocycles. The first kappa shape index (κ1) is 17.7. The zero-order valence-electron chi connectivity index (χ0n) is 15.1. The van der Waals surface area contributed by atoms with E-state index in [1.54, 1.807) is 10.9 Å². The molecule has 1 spiro atoms. The molecule has 8 nitrogen and oxygen atoms in total. The number of carbonyl (C=O) groups is 2. The first-order chi connectivity index (χ1) is 13.1. The van der Waals surface area contributed by atoms with Crippen LogP contribution in [0.25, 0.3) is 11.3 Å². The van der Waals surface area contributed by atoms with Crippen molar-refractivity contribution in [2.45, 2.75) is 32.4 Å². The lowest BCUT2D eigenvalue weighted by Crippen LogP contribution is -2.45. The second kappa shape index (κ2) is 7.11. The van der Waals surface area contributed by atoms with Gasteiger partial charge in [-0.15, -0.1) is 5.10 Å². The highest BCUT2D eigenvalue weighted by Gasteiger charge is 2.41. The summed E-state index contributed by atoms with van der Waals surface area (Å²) in [5.74, 6) is 0.145. The Balaban J connectivity index is 1.35. The Hall–Kier alpha value is -2.74. The molecule has 27 heavy (non-hydrogen) atoms. The van der Waals surface area contributed by atoms with Gasteiger partial charge in [0.05, 0.1) is 12.8 Å². The SMILES string of the molecule is O=C1CC2(CCN(C(=O)Cn3cc(-c4ccc(CO)cc4)nn3)CC2)CN1. The number of benzene rings is 1. The van der Waals surface area contributed by atoms with Gasteiger partial charge < -0.3 is 15.3 Å². The Bertz CT molecular complexity index is 837. The van der Waals surface area contributed by atoms with Gasteiger partial charge in [0.25, 0.3) is 0 Å². The van der Waals surface area contributed by atoms with Crippen LogP contribution in [-0.4, -0.2) is 56.4 Å². The van der Waals surface area contributed by atoms with Gasteiger partial charge in [0.15, 0.2) is 0 Å². The Morgan fingerprint density at radius 2 is 1.96 bits per heavy atom. The van der Waals surface area contributed by atoms with Gasteiger partial charge in [0, 0.05) is 31.6 Å². The maximum atomic E-state index is 12.6. The van der Waals surface area contributed by atoms with E-state index >= 15 is 0 Å². The molecule has 1 aromatic heterocycles. The van der Waals surface area contributed by atoms with Crippen molar-refractivity contribution in [3.8, 4) is 11.3 Å². The van der Waals surface area contributed by atoms with E-state index in [0.29, 0.717) is 25.2 Å². The monoisotopic (exact) mass is 369 g/mol. The molecule has 2 amide bonds. The average molecular weight is 369 g/mol. The summed E-state index contributed by atoms with van der Waals surface area (Å²) in [7, 11) is 0. The normalized spacial score (nSPS) is 18.7. The third-order valence-corrected chi connectivity index (χ3v) is 5.64. The zero-order chi connectivity index (χ0) is 18.9. The topological polar surface area (TPSA) is 100 Å². The van der Waals surface area contributed by atoms with Crippen molar-refractivity contribution in [3.05, 3.63) is 36.0 Å². The lowest BCUT2D eigenvalue weighted by molar-refractivity contribution is -0.134. The van der Waals surface area contributed by atoms with Crippen LogP contribution in [0, 0.1) is 5.41 Å². The number of aromatic nitrogens is 3. The number of amides is 2. The van der Waals surface area contributed by atoms with Gasteiger partial charge >= 0.3 is 0 Å². The van der Waals surface area contributed by atoms with Crippen LogP contribution in [0.5, 0.6) is 0 Å². The minimum atomic E-state index is 0.00279. The largest absolute Gasteiger partial charge is 0.392 e. The van der Waals surface area contributed by atoms with Crippen molar-refractivity contribution in [2.75, 3.05) is 19.6 Å². The molecule has 2 aliphatic rings. The van der Waals surface area contributed by atoms with E-state index in [2.05, 4.69) is 15.6 Å². The van der Waals surface area contributed by atoms with Crippen LogP contribution >= 0.6 is 0 Å². The molecule has 0 unspecified atom stereocenters. The van der Waals surface area contributed by atoms with Gasteiger partial charge in [-0.05, 0) is 23.8 Å². The lowest BCUT2D eigenvalue weighted by atomic mass is 9.77. The van der Waals surface area contributed by atoms with Crippen LogP contribution in [0.4, 0.5) is 0 Å². The molecular weight excluding hydrogens is 346 g/mol. The fourth-order valence-electron chi connectivity index (χ4n) is 3.86. The lowest BCUT2D eigenvalue weighted by Gasteiger charge is -2.38. The van der Waals surface area contributed by atoms with E-state index < -0.39 is 0 Å². The molecule has 0 bridgehead atoms. The van der Waals surface area contributed by atoms with Gasteiger partial charge in [-0.2, -0.15) is 0 Å². The minimum Gasteiger partial charge on any atom is -0.392 e. The van der Waals surface area contributed by atoms with Crippen LogP contribution in [0.1, 0.15) is 24.8 Å². The summed E-state index contributed by atoms with van der Waals surface area (Å²) in [5, 5.41) is 20.2. The van der Waals surface area contributed by atoms with Crippen LogP contribution in [0.2, 0.25) is 0 Å². The quantitative estimate of drug-likeness (QED) is 0.821. The molecule has 0 aliphatic carbocycles. The number of piperidine rings is 1. The molecule has 2 N–H and O–H groups in total. The summed E-state index contributed by atoms with van der Waals surface area (Å²) in [6.07, 6.45) is 4.06. The van der Waals surface area contributed by atoms with Crippen LogP contribution in [0.15, 0.2) is 30.5 Å². The molecule has 2 fully saturated rings. The Morgan fingerprint density at radius 3 is 2.59 bits per heavy atom. The van der Waals surface area contributed by atoms with Gasteiger partial charge in [-0.1, -0.05) is 29.5 Å². The first-order valence-corrected chi connectivity index (χ1v) is 9.22. The van der Waals surface area contributed by atoms with E-state index in [9.17, 15) is 9.59 Å². The third kappa shape index (κ3) is 3.71. The molecule has 0 saturated carbocycles. The number of hydrogen-bond donors (Lipinski definition) is 2. The molecule has 2 saturated heterocycles. The number of nitrogens with zero attached hydrogens (tertiary/aromatic N) is 4. The number of aliphatic hydroxyl groups excluding tert-OH is 1. The summed E-state index contributed by atoms with van der Waals surface area (Å²) in [5.41, 5.74) is 2.46. The van der Waals surface area contributed by atoms with Gasteiger partial charge in [0.1, 0.15) is 12.2 Å². The fraction of sp³-hybridized carbons (Fsp3) is 0.474. The van der Waals surface area contributed by atoms with Crippen LogP contribution in [0.3, 0.4) is 0 Å². The zero-order valence-corrected chi connectivity index (χ0v) is 15.1. The predicted octanol–water partition coefficient (Wildman–Crippen LogP) is 0.566. The summed E-state index contributed by atoms with van der Waals surface area (Å²) in [6.45, 7) is 2.25.